The van der Waals surface area contributed by atoms with Gasteiger partial charge in [0.15, 0.2) is 0 Å². The molecule has 0 radical (unpaired) electrons. The average Bonchev–Trinajstić information content (AvgIpc) is 2.52. The molecule has 0 aliphatic heterocycles. The molecule has 0 amide bonds. The first-order valence-corrected chi connectivity index (χ1v) is 8.22. The fourth-order valence-electron chi connectivity index (χ4n) is 2.97. The second-order valence-corrected chi connectivity index (χ2v) is 5.88. The Morgan fingerprint density at radius 2 is 1.70 bits per heavy atom. The molecule has 0 unspecified atom stereocenters. The van der Waals surface area contributed by atoms with Crippen molar-refractivity contribution in [2.45, 2.75) is 58.3 Å². The van der Waals surface area contributed by atoms with Crippen LogP contribution in [0.2, 0.25) is 0 Å². The molecule has 0 aromatic heterocycles. The van der Waals surface area contributed by atoms with E-state index in [-0.39, 0.29) is 30.1 Å². The molecule has 0 aromatic carbocycles. The van der Waals surface area contributed by atoms with Gasteiger partial charge in [-0.05, 0) is 31.8 Å². The molecule has 23 heavy (non-hydrogen) atoms. The smallest absolute Gasteiger partial charge is 0.332 e. The van der Waals surface area contributed by atoms with Crippen LogP contribution in [0, 0.1) is 5.92 Å². The van der Waals surface area contributed by atoms with Crippen molar-refractivity contribution in [3.8, 4) is 0 Å². The number of aliphatic carboxylic acids is 2. The predicted molar refractivity (Wildman–Crippen MR) is 84.2 cm³/mol. The SMILES string of the molecule is CCOCCC(CC(=O)C1CCCCC1)=C(CC(=O)O)C(=O)O. The van der Waals surface area contributed by atoms with E-state index < -0.39 is 18.4 Å². The fraction of sp³-hybridized carbons (Fsp3) is 0.706. The van der Waals surface area contributed by atoms with Gasteiger partial charge < -0.3 is 14.9 Å². The summed E-state index contributed by atoms with van der Waals surface area (Å²) in [5.41, 5.74) is 0.213. The summed E-state index contributed by atoms with van der Waals surface area (Å²) in [5, 5.41) is 18.2. The van der Waals surface area contributed by atoms with Crippen LogP contribution >= 0.6 is 0 Å². The van der Waals surface area contributed by atoms with Gasteiger partial charge in [-0.25, -0.2) is 4.79 Å². The van der Waals surface area contributed by atoms with Gasteiger partial charge in [0, 0.05) is 24.5 Å². The van der Waals surface area contributed by atoms with Crippen LogP contribution in [-0.2, 0) is 19.1 Å². The standard InChI is InChI=1S/C17H26O6/c1-2-23-9-8-13(14(17(21)22)11-16(19)20)10-15(18)12-6-4-3-5-7-12/h12H,2-11H2,1H3,(H,19,20)(H,21,22). The fourth-order valence-corrected chi connectivity index (χ4v) is 2.97. The Morgan fingerprint density at radius 1 is 1.04 bits per heavy atom. The van der Waals surface area contributed by atoms with Crippen molar-refractivity contribution in [3.05, 3.63) is 11.1 Å². The topological polar surface area (TPSA) is 101 Å². The van der Waals surface area contributed by atoms with Crippen molar-refractivity contribution in [3.63, 3.8) is 0 Å². The molecule has 1 aliphatic rings. The maximum Gasteiger partial charge on any atom is 0.332 e. The Kier molecular flexibility index (Phi) is 8.55. The van der Waals surface area contributed by atoms with Gasteiger partial charge in [-0.3, -0.25) is 9.59 Å². The van der Waals surface area contributed by atoms with Gasteiger partial charge >= 0.3 is 11.9 Å². The molecular formula is C17H26O6. The molecule has 6 heteroatoms. The van der Waals surface area contributed by atoms with E-state index in [4.69, 9.17) is 9.84 Å². The summed E-state index contributed by atoms with van der Waals surface area (Å²) in [6, 6.07) is 0. The van der Waals surface area contributed by atoms with Gasteiger partial charge in [0.2, 0.25) is 0 Å². The molecule has 2 N–H and O–H groups in total. The number of Topliss-reactive ketones (excluding diaryl/α,β-unsaturated/α-hetero) is 1. The number of carboxylic acid groups (broad SMARTS) is 2. The lowest BCUT2D eigenvalue weighted by Crippen LogP contribution is -2.20. The number of rotatable bonds is 10. The highest BCUT2D eigenvalue weighted by Gasteiger charge is 2.25. The van der Waals surface area contributed by atoms with Crippen molar-refractivity contribution < 1.29 is 29.3 Å². The van der Waals surface area contributed by atoms with Crippen molar-refractivity contribution in [2.75, 3.05) is 13.2 Å². The zero-order valence-electron chi connectivity index (χ0n) is 13.7. The van der Waals surface area contributed by atoms with Crippen LogP contribution in [-0.4, -0.2) is 41.1 Å². The van der Waals surface area contributed by atoms with E-state index in [1.165, 1.54) is 0 Å². The van der Waals surface area contributed by atoms with E-state index in [0.29, 0.717) is 18.8 Å². The first-order valence-electron chi connectivity index (χ1n) is 8.22. The zero-order chi connectivity index (χ0) is 17.2. The largest absolute Gasteiger partial charge is 0.481 e. The second kappa shape index (κ2) is 10.2. The minimum absolute atomic E-state index is 0.0205. The third-order valence-electron chi connectivity index (χ3n) is 4.21. The molecule has 1 saturated carbocycles. The molecule has 0 bridgehead atoms. The Morgan fingerprint density at radius 3 is 2.22 bits per heavy atom. The summed E-state index contributed by atoms with van der Waals surface area (Å²) in [4.78, 5) is 34.8. The normalized spacial score (nSPS) is 16.7. The highest BCUT2D eigenvalue weighted by molar-refractivity contribution is 5.94. The predicted octanol–water partition coefficient (Wildman–Crippen LogP) is 2.81. The van der Waals surface area contributed by atoms with Crippen molar-refractivity contribution in [2.24, 2.45) is 5.92 Å². The monoisotopic (exact) mass is 326 g/mol. The van der Waals surface area contributed by atoms with E-state index in [2.05, 4.69) is 0 Å². The van der Waals surface area contributed by atoms with E-state index in [1.807, 2.05) is 6.92 Å². The van der Waals surface area contributed by atoms with Crippen LogP contribution in [0.25, 0.3) is 0 Å². The van der Waals surface area contributed by atoms with Gasteiger partial charge in [-0.1, -0.05) is 19.3 Å². The summed E-state index contributed by atoms with van der Waals surface area (Å²) < 4.78 is 5.24. The quantitative estimate of drug-likeness (QED) is 0.473. The molecule has 1 rings (SSSR count). The second-order valence-electron chi connectivity index (χ2n) is 5.88. The number of carbonyl (C=O) groups excluding carboxylic acids is 1. The van der Waals surface area contributed by atoms with E-state index in [9.17, 15) is 19.5 Å². The molecular weight excluding hydrogens is 300 g/mol. The van der Waals surface area contributed by atoms with Crippen LogP contribution in [0.4, 0.5) is 0 Å². The molecule has 0 saturated heterocycles. The van der Waals surface area contributed by atoms with E-state index in [1.54, 1.807) is 0 Å². The highest BCUT2D eigenvalue weighted by Crippen LogP contribution is 2.28. The number of ether oxygens (including phenoxy) is 1. The Bertz CT molecular complexity index is 460. The van der Waals surface area contributed by atoms with Crippen LogP contribution in [0.1, 0.15) is 58.3 Å². The minimum atomic E-state index is -1.27. The number of hydrogen-bond acceptors (Lipinski definition) is 4. The molecule has 0 spiro atoms. The molecule has 130 valence electrons. The third kappa shape index (κ3) is 6.95. The molecule has 0 aromatic rings. The van der Waals surface area contributed by atoms with Gasteiger partial charge in [-0.2, -0.15) is 0 Å². The molecule has 0 atom stereocenters. The van der Waals surface area contributed by atoms with Crippen LogP contribution in [0.3, 0.4) is 0 Å². The van der Waals surface area contributed by atoms with Gasteiger partial charge in [0.05, 0.1) is 13.0 Å². The summed E-state index contributed by atoms with van der Waals surface area (Å²) in [7, 11) is 0. The van der Waals surface area contributed by atoms with Crippen molar-refractivity contribution in [1.29, 1.82) is 0 Å². The maximum absolute atomic E-state index is 12.4. The third-order valence-corrected chi connectivity index (χ3v) is 4.21. The first-order chi connectivity index (χ1) is 11.0. The Hall–Kier alpha value is -1.69. The van der Waals surface area contributed by atoms with Gasteiger partial charge in [-0.15, -0.1) is 0 Å². The number of hydrogen-bond donors (Lipinski definition) is 2. The first kappa shape index (κ1) is 19.4. The molecule has 1 fully saturated rings. The van der Waals surface area contributed by atoms with Crippen LogP contribution < -0.4 is 0 Å². The Balaban J connectivity index is 2.89. The zero-order valence-corrected chi connectivity index (χ0v) is 13.7. The maximum atomic E-state index is 12.4. The number of carboxylic acids is 2. The number of carbonyl (C=O) groups is 3. The van der Waals surface area contributed by atoms with Crippen molar-refractivity contribution >= 4 is 17.7 Å². The molecule has 6 nitrogen and oxygen atoms in total. The van der Waals surface area contributed by atoms with Crippen LogP contribution in [0.15, 0.2) is 11.1 Å². The lowest BCUT2D eigenvalue weighted by Gasteiger charge is -2.21. The number of ketones is 1. The highest BCUT2D eigenvalue weighted by atomic mass is 16.5. The Labute approximate surface area is 136 Å². The lowest BCUT2D eigenvalue weighted by molar-refractivity contribution is -0.139. The molecule has 0 heterocycles. The van der Waals surface area contributed by atoms with Gasteiger partial charge in [0.1, 0.15) is 5.78 Å². The lowest BCUT2D eigenvalue weighted by atomic mass is 9.83. The van der Waals surface area contributed by atoms with Crippen LogP contribution in [0.5, 0.6) is 0 Å². The van der Waals surface area contributed by atoms with E-state index in [0.717, 1.165) is 32.1 Å². The average molecular weight is 326 g/mol. The summed E-state index contributed by atoms with van der Waals surface area (Å²) in [6.45, 7) is 2.61. The van der Waals surface area contributed by atoms with Crippen molar-refractivity contribution in [1.82, 2.24) is 0 Å². The molecule has 1 aliphatic carbocycles. The summed E-state index contributed by atoms with van der Waals surface area (Å²) in [6.07, 6.45) is 4.60. The summed E-state index contributed by atoms with van der Waals surface area (Å²) >= 11 is 0. The van der Waals surface area contributed by atoms with Gasteiger partial charge in [0.25, 0.3) is 0 Å². The van der Waals surface area contributed by atoms with E-state index >= 15 is 0 Å². The summed E-state index contributed by atoms with van der Waals surface area (Å²) in [5.74, 6) is -2.47. The minimum Gasteiger partial charge on any atom is -0.481 e.